The number of aryl methyl sites for hydroxylation is 1. The van der Waals surface area contributed by atoms with E-state index in [1.54, 1.807) is 0 Å². The predicted molar refractivity (Wildman–Crippen MR) is 57.4 cm³/mol. The summed E-state index contributed by atoms with van der Waals surface area (Å²) in [4.78, 5) is 10.8. The highest BCUT2D eigenvalue weighted by Gasteiger charge is 2.26. The van der Waals surface area contributed by atoms with Gasteiger partial charge in [0.25, 0.3) is 0 Å². The van der Waals surface area contributed by atoms with Crippen LogP contribution in [0.2, 0.25) is 0 Å². The van der Waals surface area contributed by atoms with E-state index in [1.807, 2.05) is 19.2 Å². The van der Waals surface area contributed by atoms with Gasteiger partial charge in [-0.15, -0.1) is 0 Å². The highest BCUT2D eigenvalue weighted by molar-refractivity contribution is 5.09. The fraction of sp³-hybridized carbons (Fsp3) is 0.636. The molecule has 0 aliphatic carbocycles. The molecule has 0 aromatic carbocycles. The maximum atomic E-state index is 8.97. The van der Waals surface area contributed by atoms with E-state index in [9.17, 15) is 0 Å². The van der Waals surface area contributed by atoms with Gasteiger partial charge in [-0.2, -0.15) is 0 Å². The summed E-state index contributed by atoms with van der Waals surface area (Å²) in [7, 11) is 0. The summed E-state index contributed by atoms with van der Waals surface area (Å²) < 4.78 is 0. The molecule has 4 nitrogen and oxygen atoms in total. The zero-order valence-corrected chi connectivity index (χ0v) is 9.06. The largest absolute Gasteiger partial charge is 0.395 e. The molecule has 82 valence electrons. The third-order valence-corrected chi connectivity index (χ3v) is 2.89. The van der Waals surface area contributed by atoms with E-state index in [0.717, 1.165) is 31.0 Å². The van der Waals surface area contributed by atoms with Crippen LogP contribution < -0.4 is 0 Å². The van der Waals surface area contributed by atoms with E-state index in [1.165, 1.54) is 6.42 Å². The molecule has 1 unspecified atom stereocenters. The van der Waals surface area contributed by atoms with Gasteiger partial charge in [-0.3, -0.25) is 4.90 Å². The van der Waals surface area contributed by atoms with Crippen molar-refractivity contribution < 1.29 is 5.11 Å². The fourth-order valence-corrected chi connectivity index (χ4v) is 2.22. The number of aromatic nitrogens is 2. The molecule has 1 aromatic rings. The van der Waals surface area contributed by atoms with Crippen LogP contribution in [0.1, 0.15) is 30.4 Å². The van der Waals surface area contributed by atoms with Crippen LogP contribution in [0.15, 0.2) is 12.3 Å². The van der Waals surface area contributed by atoms with Crippen LogP contribution in [-0.2, 0) is 0 Å². The summed E-state index contributed by atoms with van der Waals surface area (Å²) in [6, 6.07) is 2.35. The Bertz CT molecular complexity index is 329. The third-order valence-electron chi connectivity index (χ3n) is 2.89. The molecule has 0 amide bonds. The SMILES string of the molecule is Cc1nccc(C2CCCN2CCO)n1. The van der Waals surface area contributed by atoms with E-state index in [2.05, 4.69) is 14.9 Å². The van der Waals surface area contributed by atoms with Gasteiger partial charge < -0.3 is 5.11 Å². The number of likely N-dealkylation sites (tertiary alicyclic amines) is 1. The molecule has 1 aliphatic rings. The number of rotatable bonds is 3. The van der Waals surface area contributed by atoms with Crippen molar-refractivity contribution in [1.82, 2.24) is 14.9 Å². The first-order valence-corrected chi connectivity index (χ1v) is 5.45. The lowest BCUT2D eigenvalue weighted by Gasteiger charge is -2.22. The van der Waals surface area contributed by atoms with Crippen LogP contribution in [0.5, 0.6) is 0 Å². The van der Waals surface area contributed by atoms with E-state index in [-0.39, 0.29) is 6.61 Å². The minimum atomic E-state index is 0.223. The summed E-state index contributed by atoms with van der Waals surface area (Å²) in [5.74, 6) is 0.823. The third kappa shape index (κ3) is 2.33. The van der Waals surface area contributed by atoms with E-state index < -0.39 is 0 Å². The molecular formula is C11H17N3O. The molecule has 1 atom stereocenters. The summed E-state index contributed by atoms with van der Waals surface area (Å²) in [5.41, 5.74) is 1.09. The molecule has 1 aliphatic heterocycles. The van der Waals surface area contributed by atoms with Crippen LogP contribution in [0, 0.1) is 6.92 Å². The number of β-amino-alcohol motifs (C(OH)–C–C–N with tert-alkyl or cyclic N) is 1. The van der Waals surface area contributed by atoms with Gasteiger partial charge in [-0.1, -0.05) is 0 Å². The first kappa shape index (κ1) is 10.5. The second kappa shape index (κ2) is 4.68. The Morgan fingerprint density at radius 1 is 1.60 bits per heavy atom. The van der Waals surface area contributed by atoms with Crippen LogP contribution in [0.25, 0.3) is 0 Å². The number of aliphatic hydroxyl groups is 1. The number of nitrogens with zero attached hydrogens (tertiary/aromatic N) is 3. The zero-order chi connectivity index (χ0) is 10.7. The summed E-state index contributed by atoms with van der Waals surface area (Å²) in [6.45, 7) is 3.94. The topological polar surface area (TPSA) is 49.2 Å². The molecular weight excluding hydrogens is 190 g/mol. The van der Waals surface area contributed by atoms with Crippen molar-refractivity contribution in [3.05, 3.63) is 23.8 Å². The van der Waals surface area contributed by atoms with Crippen molar-refractivity contribution in [3.8, 4) is 0 Å². The second-order valence-corrected chi connectivity index (χ2v) is 3.95. The number of hydrogen-bond donors (Lipinski definition) is 1. The lowest BCUT2D eigenvalue weighted by molar-refractivity contribution is 0.183. The maximum absolute atomic E-state index is 8.97. The molecule has 0 saturated carbocycles. The van der Waals surface area contributed by atoms with Gasteiger partial charge in [0.2, 0.25) is 0 Å². The lowest BCUT2D eigenvalue weighted by Crippen LogP contribution is -2.27. The molecule has 2 heterocycles. The van der Waals surface area contributed by atoms with E-state index >= 15 is 0 Å². The smallest absolute Gasteiger partial charge is 0.125 e. The molecule has 0 spiro atoms. The van der Waals surface area contributed by atoms with Crippen molar-refractivity contribution in [2.45, 2.75) is 25.8 Å². The van der Waals surface area contributed by atoms with Crippen molar-refractivity contribution in [2.24, 2.45) is 0 Å². The van der Waals surface area contributed by atoms with E-state index in [4.69, 9.17) is 5.11 Å². The minimum Gasteiger partial charge on any atom is -0.395 e. The summed E-state index contributed by atoms with van der Waals surface area (Å²) >= 11 is 0. The monoisotopic (exact) mass is 207 g/mol. The predicted octanol–water partition coefficient (Wildman–Crippen LogP) is 0.914. The van der Waals surface area contributed by atoms with Gasteiger partial charge in [0.15, 0.2) is 0 Å². The number of hydrogen-bond acceptors (Lipinski definition) is 4. The normalized spacial score (nSPS) is 22.1. The molecule has 1 saturated heterocycles. The Kier molecular flexibility index (Phi) is 3.28. The first-order valence-electron chi connectivity index (χ1n) is 5.45. The Hall–Kier alpha value is -1.00. The van der Waals surface area contributed by atoms with Gasteiger partial charge in [-0.25, -0.2) is 9.97 Å². The second-order valence-electron chi connectivity index (χ2n) is 3.95. The first-order chi connectivity index (χ1) is 7.31. The van der Waals surface area contributed by atoms with Gasteiger partial charge in [0, 0.05) is 12.7 Å². The van der Waals surface area contributed by atoms with Crippen molar-refractivity contribution in [1.29, 1.82) is 0 Å². The van der Waals surface area contributed by atoms with Crippen molar-refractivity contribution in [2.75, 3.05) is 19.7 Å². The molecule has 15 heavy (non-hydrogen) atoms. The quantitative estimate of drug-likeness (QED) is 0.800. The highest BCUT2D eigenvalue weighted by Crippen LogP contribution is 2.29. The molecule has 4 heteroatoms. The Labute approximate surface area is 90.0 Å². The molecule has 2 rings (SSSR count). The maximum Gasteiger partial charge on any atom is 0.125 e. The fourth-order valence-electron chi connectivity index (χ4n) is 2.22. The average Bonchev–Trinajstić information content (AvgIpc) is 2.66. The molecule has 1 fully saturated rings. The zero-order valence-electron chi connectivity index (χ0n) is 9.06. The standard InChI is InChI=1S/C11H17N3O/c1-9-12-5-4-10(13-9)11-3-2-6-14(11)7-8-15/h4-5,11,15H,2-3,6-8H2,1H3. The summed E-state index contributed by atoms with van der Waals surface area (Å²) in [6.07, 6.45) is 4.14. The molecule has 0 bridgehead atoms. The average molecular weight is 207 g/mol. The lowest BCUT2D eigenvalue weighted by atomic mass is 10.1. The Morgan fingerprint density at radius 3 is 3.20 bits per heavy atom. The van der Waals surface area contributed by atoms with Crippen LogP contribution in [0.4, 0.5) is 0 Å². The Morgan fingerprint density at radius 2 is 2.47 bits per heavy atom. The van der Waals surface area contributed by atoms with Crippen molar-refractivity contribution >= 4 is 0 Å². The molecule has 1 aromatic heterocycles. The molecule has 1 N–H and O–H groups in total. The van der Waals surface area contributed by atoms with Crippen molar-refractivity contribution in [3.63, 3.8) is 0 Å². The van der Waals surface area contributed by atoms with E-state index in [0.29, 0.717) is 6.04 Å². The van der Waals surface area contributed by atoms with Crippen LogP contribution in [0.3, 0.4) is 0 Å². The van der Waals surface area contributed by atoms with Crippen LogP contribution in [-0.4, -0.2) is 39.7 Å². The van der Waals surface area contributed by atoms with Gasteiger partial charge in [0.05, 0.1) is 18.3 Å². The molecule has 0 radical (unpaired) electrons. The van der Waals surface area contributed by atoms with Crippen LogP contribution >= 0.6 is 0 Å². The van der Waals surface area contributed by atoms with Gasteiger partial charge >= 0.3 is 0 Å². The Balaban J connectivity index is 2.15. The summed E-state index contributed by atoms with van der Waals surface area (Å²) in [5, 5.41) is 8.97. The van der Waals surface area contributed by atoms with Gasteiger partial charge in [0.1, 0.15) is 5.82 Å². The number of aliphatic hydroxyl groups excluding tert-OH is 1. The van der Waals surface area contributed by atoms with Gasteiger partial charge in [-0.05, 0) is 32.4 Å². The highest BCUT2D eigenvalue weighted by atomic mass is 16.3. The minimum absolute atomic E-state index is 0.223.